The Hall–Kier alpha value is -1.27. The van der Waals surface area contributed by atoms with Gasteiger partial charge in [0.2, 0.25) is 0 Å². The van der Waals surface area contributed by atoms with Crippen molar-refractivity contribution in [1.29, 1.82) is 0 Å². The molecule has 0 bridgehead atoms. The van der Waals surface area contributed by atoms with E-state index in [-0.39, 0.29) is 0 Å². The second kappa shape index (κ2) is 4.31. The van der Waals surface area contributed by atoms with E-state index in [1.54, 1.807) is 6.07 Å². The highest BCUT2D eigenvalue weighted by Gasteiger charge is 2.26. The summed E-state index contributed by atoms with van der Waals surface area (Å²) in [5.41, 5.74) is 1.10. The summed E-state index contributed by atoms with van der Waals surface area (Å²) in [6, 6.07) is 1.56. The molecule has 0 aliphatic carbocycles. The smallest absolute Gasteiger partial charge is 0.339 e. The van der Waals surface area contributed by atoms with Gasteiger partial charge in [-0.15, -0.1) is 0 Å². The first-order valence-corrected chi connectivity index (χ1v) is 5.25. The SMILES string of the molecule is COC(=O)c1cc2c(c(OC)c1Br)COO2. The van der Waals surface area contributed by atoms with Crippen LogP contribution in [0.1, 0.15) is 15.9 Å². The number of halogens is 1. The number of hydrogen-bond donors (Lipinski definition) is 0. The number of hydrogen-bond acceptors (Lipinski definition) is 5. The number of carbonyl (C=O) groups is 1. The molecule has 0 atom stereocenters. The topological polar surface area (TPSA) is 54.0 Å². The summed E-state index contributed by atoms with van der Waals surface area (Å²) < 4.78 is 10.4. The van der Waals surface area contributed by atoms with Gasteiger partial charge in [0.15, 0.2) is 5.75 Å². The number of esters is 1. The van der Waals surface area contributed by atoms with Crippen molar-refractivity contribution < 1.29 is 24.0 Å². The van der Waals surface area contributed by atoms with Gasteiger partial charge >= 0.3 is 5.97 Å². The zero-order chi connectivity index (χ0) is 11.7. The van der Waals surface area contributed by atoms with Crippen molar-refractivity contribution in [1.82, 2.24) is 0 Å². The van der Waals surface area contributed by atoms with Crippen LogP contribution < -0.4 is 9.62 Å². The van der Waals surface area contributed by atoms with Gasteiger partial charge in [0.05, 0.1) is 29.8 Å². The van der Waals surface area contributed by atoms with Crippen LogP contribution in [-0.4, -0.2) is 20.2 Å². The standard InChI is InChI=1S/C10H9BrO5/c1-13-9-6-4-15-16-7(6)3-5(8(9)11)10(12)14-2/h3H,4H2,1-2H3. The summed E-state index contributed by atoms with van der Waals surface area (Å²) >= 11 is 3.30. The van der Waals surface area contributed by atoms with E-state index in [0.717, 1.165) is 5.56 Å². The first-order chi connectivity index (χ1) is 7.69. The summed E-state index contributed by atoms with van der Waals surface area (Å²) in [6.07, 6.45) is 0. The third-order valence-electron chi connectivity index (χ3n) is 2.24. The Kier molecular flexibility index (Phi) is 3.02. The van der Waals surface area contributed by atoms with Crippen LogP contribution in [0.5, 0.6) is 11.5 Å². The lowest BCUT2D eigenvalue weighted by Crippen LogP contribution is -2.04. The normalized spacial score (nSPS) is 12.9. The van der Waals surface area contributed by atoms with Crippen LogP contribution in [0.15, 0.2) is 10.5 Å². The lowest BCUT2D eigenvalue weighted by Gasteiger charge is -2.10. The Morgan fingerprint density at radius 2 is 2.25 bits per heavy atom. The molecule has 5 nitrogen and oxygen atoms in total. The van der Waals surface area contributed by atoms with Crippen molar-refractivity contribution in [3.63, 3.8) is 0 Å². The molecule has 0 amide bonds. The fourth-order valence-corrected chi connectivity index (χ4v) is 2.16. The number of benzene rings is 1. The maximum atomic E-state index is 11.5. The van der Waals surface area contributed by atoms with E-state index in [2.05, 4.69) is 20.7 Å². The molecule has 1 aliphatic rings. The van der Waals surface area contributed by atoms with Crippen molar-refractivity contribution >= 4 is 21.9 Å². The molecule has 16 heavy (non-hydrogen) atoms. The minimum absolute atomic E-state index is 0.290. The van der Waals surface area contributed by atoms with Crippen LogP contribution in [0.3, 0.4) is 0 Å². The number of ether oxygens (including phenoxy) is 2. The minimum atomic E-state index is -0.469. The van der Waals surface area contributed by atoms with Gasteiger partial charge in [0.1, 0.15) is 12.4 Å². The monoisotopic (exact) mass is 288 g/mol. The number of fused-ring (bicyclic) bond motifs is 1. The number of rotatable bonds is 2. The van der Waals surface area contributed by atoms with Crippen LogP contribution in [0.2, 0.25) is 0 Å². The third-order valence-corrected chi connectivity index (χ3v) is 3.03. The number of carbonyl (C=O) groups excluding carboxylic acids is 1. The summed E-state index contributed by atoms with van der Waals surface area (Å²) in [7, 11) is 2.82. The second-order valence-electron chi connectivity index (χ2n) is 3.09. The van der Waals surface area contributed by atoms with E-state index in [1.165, 1.54) is 14.2 Å². The Balaban J connectivity index is 2.60. The molecule has 1 heterocycles. The van der Waals surface area contributed by atoms with Crippen LogP contribution in [0, 0.1) is 0 Å². The summed E-state index contributed by atoms with van der Waals surface area (Å²) in [5.74, 6) is 0.527. The van der Waals surface area contributed by atoms with Crippen molar-refractivity contribution in [3.05, 3.63) is 21.7 Å². The molecule has 1 aromatic carbocycles. The highest BCUT2D eigenvalue weighted by molar-refractivity contribution is 9.10. The van der Waals surface area contributed by atoms with Crippen LogP contribution in [-0.2, 0) is 16.2 Å². The first kappa shape index (κ1) is 11.2. The molecule has 86 valence electrons. The summed E-state index contributed by atoms with van der Waals surface area (Å²) in [6.45, 7) is 0.290. The van der Waals surface area contributed by atoms with E-state index in [4.69, 9.17) is 14.5 Å². The maximum Gasteiger partial charge on any atom is 0.339 e. The fraction of sp³-hybridized carbons (Fsp3) is 0.300. The Bertz CT molecular complexity index is 443. The van der Waals surface area contributed by atoms with E-state index in [0.29, 0.717) is 28.1 Å². The molecule has 2 rings (SSSR count). The predicted molar refractivity (Wildman–Crippen MR) is 57.5 cm³/mol. The van der Waals surface area contributed by atoms with Gasteiger partial charge in [0.25, 0.3) is 0 Å². The lowest BCUT2D eigenvalue weighted by molar-refractivity contribution is -0.194. The average molecular weight is 289 g/mol. The minimum Gasteiger partial charge on any atom is -0.495 e. The molecule has 1 aromatic rings. The van der Waals surface area contributed by atoms with E-state index in [1.807, 2.05) is 0 Å². The molecule has 0 radical (unpaired) electrons. The van der Waals surface area contributed by atoms with Crippen molar-refractivity contribution in [2.75, 3.05) is 14.2 Å². The van der Waals surface area contributed by atoms with Crippen molar-refractivity contribution in [2.24, 2.45) is 0 Å². The summed E-state index contributed by atoms with van der Waals surface area (Å²) in [4.78, 5) is 21.2. The molecule has 0 unspecified atom stereocenters. The summed E-state index contributed by atoms with van der Waals surface area (Å²) in [5, 5.41) is 0. The fourth-order valence-electron chi connectivity index (χ4n) is 1.48. The zero-order valence-corrected chi connectivity index (χ0v) is 10.3. The predicted octanol–water partition coefficient (Wildman–Crippen LogP) is 2.07. The molecule has 0 aromatic heterocycles. The van der Waals surface area contributed by atoms with Crippen LogP contribution in [0.25, 0.3) is 0 Å². The molecule has 0 saturated carbocycles. The molecule has 6 heteroatoms. The average Bonchev–Trinajstić information content (AvgIpc) is 2.75. The molecular formula is C10H9BrO5. The third kappa shape index (κ3) is 1.64. The highest BCUT2D eigenvalue weighted by Crippen LogP contribution is 2.42. The van der Waals surface area contributed by atoms with Crippen LogP contribution >= 0.6 is 15.9 Å². The van der Waals surface area contributed by atoms with Gasteiger partial charge < -0.3 is 14.4 Å². The second-order valence-corrected chi connectivity index (χ2v) is 3.88. The van der Waals surface area contributed by atoms with Gasteiger partial charge in [-0.25, -0.2) is 4.79 Å². The molecule has 0 saturated heterocycles. The maximum absolute atomic E-state index is 11.5. The highest BCUT2D eigenvalue weighted by atomic mass is 79.9. The Morgan fingerprint density at radius 3 is 2.88 bits per heavy atom. The molecule has 0 spiro atoms. The van der Waals surface area contributed by atoms with E-state index >= 15 is 0 Å². The largest absolute Gasteiger partial charge is 0.495 e. The van der Waals surface area contributed by atoms with E-state index in [9.17, 15) is 4.79 Å². The molecule has 0 fully saturated rings. The van der Waals surface area contributed by atoms with Crippen LogP contribution in [0.4, 0.5) is 0 Å². The molecular weight excluding hydrogens is 280 g/mol. The molecule has 1 aliphatic heterocycles. The Labute approximate surface area is 100 Å². The van der Waals surface area contributed by atoms with Crippen molar-refractivity contribution in [3.8, 4) is 11.5 Å². The lowest BCUT2D eigenvalue weighted by atomic mass is 10.1. The molecule has 0 N–H and O–H groups in total. The van der Waals surface area contributed by atoms with Gasteiger partial charge in [-0.2, -0.15) is 4.89 Å². The Morgan fingerprint density at radius 1 is 1.50 bits per heavy atom. The van der Waals surface area contributed by atoms with Gasteiger partial charge in [-0.05, 0) is 15.9 Å². The first-order valence-electron chi connectivity index (χ1n) is 4.46. The van der Waals surface area contributed by atoms with Gasteiger partial charge in [0, 0.05) is 6.07 Å². The van der Waals surface area contributed by atoms with Gasteiger partial charge in [-0.3, -0.25) is 0 Å². The zero-order valence-electron chi connectivity index (χ0n) is 8.70. The van der Waals surface area contributed by atoms with Gasteiger partial charge in [-0.1, -0.05) is 0 Å². The quantitative estimate of drug-likeness (QED) is 0.616. The number of methoxy groups -OCH3 is 2. The van der Waals surface area contributed by atoms with Crippen molar-refractivity contribution in [2.45, 2.75) is 6.61 Å². The van der Waals surface area contributed by atoms with E-state index < -0.39 is 5.97 Å².